The maximum absolute atomic E-state index is 11.8. The first-order chi connectivity index (χ1) is 18.5. The van der Waals surface area contributed by atoms with Crippen molar-refractivity contribution in [3.05, 3.63) is 35.4 Å². The number of hydrogen-bond donors (Lipinski definition) is 2. The molecule has 1 aromatic heterocycles. The van der Waals surface area contributed by atoms with E-state index in [1.807, 2.05) is 45.5 Å². The summed E-state index contributed by atoms with van der Waals surface area (Å²) >= 11 is 2.32. The SMILES string of the molecule is CCC(CCCCNC(=O)OC(C)(C)C)CCNc1cc(-n2cnnc2C)cc(C(C)C)c1C=NC.CPI. The number of aryl methyl sites for hydroxylation is 1. The van der Waals surface area contributed by atoms with Crippen LogP contribution >= 0.6 is 28.3 Å². The molecule has 0 bridgehead atoms. The number of rotatable bonds is 13. The molecule has 0 aliphatic rings. The van der Waals surface area contributed by atoms with Gasteiger partial charge in [-0.1, -0.05) is 68.3 Å². The van der Waals surface area contributed by atoms with E-state index in [9.17, 15) is 4.79 Å². The lowest BCUT2D eigenvalue weighted by atomic mass is 9.94. The van der Waals surface area contributed by atoms with Gasteiger partial charge in [-0.2, -0.15) is 0 Å². The third-order valence-electron chi connectivity index (χ3n) is 6.23. The molecule has 220 valence electrons. The van der Waals surface area contributed by atoms with Gasteiger partial charge in [-0.15, -0.1) is 10.2 Å². The summed E-state index contributed by atoms with van der Waals surface area (Å²) in [6.07, 6.45) is 9.85. The van der Waals surface area contributed by atoms with Crippen LogP contribution in [0.1, 0.15) is 96.5 Å². The molecule has 39 heavy (non-hydrogen) atoms. The quantitative estimate of drug-likeness (QED) is 0.0977. The number of hydrogen-bond acceptors (Lipinski definition) is 6. The molecule has 2 rings (SSSR count). The van der Waals surface area contributed by atoms with E-state index in [0.29, 0.717) is 18.4 Å². The standard InChI is InChI=1S/C28H46N6O2.CH4IP/c1-9-22(12-10-11-14-31-27(35)36-28(5,6)7)13-15-30-26-17-23(34-19-32-33-21(34)4)16-24(20(2)3)25(26)18-29-8;1-3-2/h16-20,22,30H,9-15H2,1-8H3,(H,31,35);3H,1H3. The summed E-state index contributed by atoms with van der Waals surface area (Å²) in [7, 11) is 1.82. The van der Waals surface area contributed by atoms with Crippen molar-refractivity contribution in [2.45, 2.75) is 92.1 Å². The minimum absolute atomic E-state index is 0.338. The number of carbonyl (C=O) groups excluding carboxylic acids is 1. The fourth-order valence-electron chi connectivity index (χ4n) is 4.27. The Kier molecular flexibility index (Phi) is 16.8. The molecule has 0 saturated carbocycles. The number of anilines is 1. The van der Waals surface area contributed by atoms with Crippen molar-refractivity contribution in [3.8, 4) is 5.69 Å². The van der Waals surface area contributed by atoms with Gasteiger partial charge in [0.15, 0.2) is 0 Å². The number of amides is 1. The maximum Gasteiger partial charge on any atom is 0.407 e. The number of carbonyl (C=O) groups is 1. The van der Waals surface area contributed by atoms with Gasteiger partial charge in [-0.05, 0) is 76.7 Å². The number of alkyl carbamates (subject to hydrolysis) is 1. The first-order valence-corrected chi connectivity index (χ1v) is 18.5. The Balaban J connectivity index is 0.00000242. The van der Waals surface area contributed by atoms with Crippen molar-refractivity contribution in [3.63, 3.8) is 0 Å². The van der Waals surface area contributed by atoms with Crippen molar-refractivity contribution in [2.75, 3.05) is 32.1 Å². The van der Waals surface area contributed by atoms with E-state index in [4.69, 9.17) is 4.74 Å². The Labute approximate surface area is 251 Å². The van der Waals surface area contributed by atoms with Crippen LogP contribution in [0.4, 0.5) is 10.5 Å². The minimum Gasteiger partial charge on any atom is -0.444 e. The Morgan fingerprint density at radius 1 is 1.23 bits per heavy atom. The van der Waals surface area contributed by atoms with Crippen LogP contribution in [-0.2, 0) is 4.74 Å². The number of ether oxygens (including phenoxy) is 1. The van der Waals surface area contributed by atoms with Gasteiger partial charge < -0.3 is 15.4 Å². The molecule has 2 N–H and O–H groups in total. The van der Waals surface area contributed by atoms with E-state index >= 15 is 0 Å². The van der Waals surface area contributed by atoms with Crippen LogP contribution in [-0.4, -0.2) is 59.5 Å². The molecule has 10 heteroatoms. The van der Waals surface area contributed by atoms with Gasteiger partial charge in [0, 0.05) is 37.6 Å². The molecule has 0 fully saturated rings. The van der Waals surface area contributed by atoms with Gasteiger partial charge >= 0.3 is 6.09 Å². The zero-order chi connectivity index (χ0) is 29.4. The molecule has 1 heterocycles. The summed E-state index contributed by atoms with van der Waals surface area (Å²) in [6, 6.07) is 4.38. The second kappa shape index (κ2) is 18.6. The Morgan fingerprint density at radius 3 is 2.46 bits per heavy atom. The minimum atomic E-state index is -0.461. The molecule has 2 unspecified atom stereocenters. The summed E-state index contributed by atoms with van der Waals surface area (Å²) in [6.45, 7) is 17.9. The van der Waals surface area contributed by atoms with Crippen LogP contribution in [0.15, 0.2) is 23.5 Å². The fourth-order valence-corrected chi connectivity index (χ4v) is 4.27. The molecule has 0 spiro atoms. The smallest absolute Gasteiger partial charge is 0.407 e. The van der Waals surface area contributed by atoms with Gasteiger partial charge in [0.2, 0.25) is 0 Å². The van der Waals surface area contributed by atoms with Gasteiger partial charge in [-0.25, -0.2) is 4.79 Å². The van der Waals surface area contributed by atoms with Gasteiger partial charge in [0.05, 0.1) is 5.69 Å². The molecule has 1 aromatic carbocycles. The highest BCUT2D eigenvalue weighted by Gasteiger charge is 2.16. The summed E-state index contributed by atoms with van der Waals surface area (Å²) in [4.78, 5) is 16.1. The van der Waals surface area contributed by atoms with E-state index in [1.54, 1.807) is 6.33 Å². The second-order valence-electron chi connectivity index (χ2n) is 10.9. The predicted molar refractivity (Wildman–Crippen MR) is 177 cm³/mol. The van der Waals surface area contributed by atoms with Crippen LogP contribution in [0, 0.1) is 12.8 Å². The van der Waals surface area contributed by atoms with E-state index < -0.39 is 5.60 Å². The molecule has 0 saturated heterocycles. The average Bonchev–Trinajstić information content (AvgIpc) is 3.28. The van der Waals surface area contributed by atoms with E-state index in [1.165, 1.54) is 5.56 Å². The summed E-state index contributed by atoms with van der Waals surface area (Å²) in [5.74, 6) is 1.85. The average molecular weight is 673 g/mol. The zero-order valence-corrected chi connectivity index (χ0v) is 28.6. The number of aliphatic imine (C=N–C) groups is 1. The largest absolute Gasteiger partial charge is 0.444 e. The molecule has 2 atom stereocenters. The first kappa shape index (κ1) is 35.3. The normalized spacial score (nSPS) is 12.6. The molecule has 1 amide bonds. The van der Waals surface area contributed by atoms with Crippen LogP contribution in [0.2, 0.25) is 0 Å². The molecular weight excluding hydrogens is 622 g/mol. The molecule has 0 aliphatic heterocycles. The number of nitrogens with zero attached hydrogens (tertiary/aromatic N) is 4. The first-order valence-electron chi connectivity index (χ1n) is 13.9. The van der Waals surface area contributed by atoms with Gasteiger partial charge in [0.25, 0.3) is 0 Å². The number of aromatic nitrogens is 3. The fraction of sp³-hybridized carbons (Fsp3) is 0.655. The number of benzene rings is 1. The molecule has 2 aromatic rings. The molecule has 8 nitrogen and oxygen atoms in total. The lowest BCUT2D eigenvalue weighted by Gasteiger charge is -2.21. The molecule has 0 aliphatic carbocycles. The van der Waals surface area contributed by atoms with Crippen LogP contribution in [0.25, 0.3) is 5.69 Å². The highest BCUT2D eigenvalue weighted by molar-refractivity contribution is 14.2. The van der Waals surface area contributed by atoms with E-state index in [0.717, 1.165) is 67.6 Å². The van der Waals surface area contributed by atoms with Crippen molar-refractivity contribution in [1.29, 1.82) is 0 Å². The number of unbranched alkanes of at least 4 members (excludes halogenated alkanes) is 1. The van der Waals surface area contributed by atoms with Crippen LogP contribution < -0.4 is 10.6 Å². The predicted octanol–water partition coefficient (Wildman–Crippen LogP) is 7.92. The number of nitrogens with one attached hydrogen (secondary N) is 2. The Bertz CT molecular complexity index is 1020. The van der Waals surface area contributed by atoms with Crippen molar-refractivity contribution in [1.82, 2.24) is 20.1 Å². The third-order valence-corrected chi connectivity index (χ3v) is 6.23. The van der Waals surface area contributed by atoms with Crippen LogP contribution in [0.3, 0.4) is 0 Å². The van der Waals surface area contributed by atoms with Gasteiger partial charge in [-0.3, -0.25) is 9.56 Å². The van der Waals surface area contributed by atoms with Crippen LogP contribution in [0.5, 0.6) is 0 Å². The summed E-state index contributed by atoms with van der Waals surface area (Å²) in [5.41, 5.74) is 4.08. The highest BCUT2D eigenvalue weighted by atomic mass is 127. The number of halogens is 1. The second-order valence-corrected chi connectivity index (χ2v) is 14.5. The maximum atomic E-state index is 11.8. The van der Waals surface area contributed by atoms with Crippen molar-refractivity contribution in [2.24, 2.45) is 10.9 Å². The van der Waals surface area contributed by atoms with Crippen molar-refractivity contribution < 1.29 is 9.53 Å². The van der Waals surface area contributed by atoms with Gasteiger partial charge in [0.1, 0.15) is 17.8 Å². The third kappa shape index (κ3) is 13.4. The molecular formula is C29H50IN6O2P. The van der Waals surface area contributed by atoms with E-state index in [2.05, 4.69) is 87.4 Å². The Hall–Kier alpha value is -1.74. The summed E-state index contributed by atoms with van der Waals surface area (Å²) in [5, 5.41) is 14.8. The lowest BCUT2D eigenvalue weighted by molar-refractivity contribution is 0.0527. The summed E-state index contributed by atoms with van der Waals surface area (Å²) < 4.78 is 7.31. The zero-order valence-electron chi connectivity index (χ0n) is 25.4. The monoisotopic (exact) mass is 672 g/mol. The highest BCUT2D eigenvalue weighted by Crippen LogP contribution is 2.30. The molecule has 0 radical (unpaired) electrons. The topological polar surface area (TPSA) is 93.4 Å². The Morgan fingerprint density at radius 2 is 1.92 bits per heavy atom. The lowest BCUT2D eigenvalue weighted by Crippen LogP contribution is -2.33. The van der Waals surface area contributed by atoms with E-state index in [-0.39, 0.29) is 6.09 Å². The van der Waals surface area contributed by atoms with Crippen molar-refractivity contribution >= 4 is 46.3 Å².